The van der Waals surface area contributed by atoms with Crippen molar-refractivity contribution in [2.24, 2.45) is 18.0 Å². The molecule has 2 unspecified atom stereocenters. The van der Waals surface area contributed by atoms with Crippen LogP contribution in [-0.4, -0.2) is 102 Å². The summed E-state index contributed by atoms with van der Waals surface area (Å²) in [6, 6.07) is 0.479. The molecule has 1 N–H and O–H groups in total. The van der Waals surface area contributed by atoms with Gasteiger partial charge in [0.05, 0.1) is 25.9 Å². The second kappa shape index (κ2) is 12.2. The van der Waals surface area contributed by atoms with E-state index in [9.17, 15) is 0 Å². The standard InChI is InChI=1S/C21H39N7O.HI/c1-6-22-21(23-14-19(17(2)3)27-9-7-25(4)8-10-27)28-11-12-29-20(16-28)18-13-24-26(5)15-18;/h13,15,17,19-20H,6-12,14,16H2,1-5H3,(H,22,23);1H. The fourth-order valence-corrected chi connectivity index (χ4v) is 4.16. The summed E-state index contributed by atoms with van der Waals surface area (Å²) in [5.74, 6) is 1.59. The molecule has 2 atom stereocenters. The molecule has 0 radical (unpaired) electrons. The highest BCUT2D eigenvalue weighted by Gasteiger charge is 2.27. The van der Waals surface area contributed by atoms with E-state index in [0.717, 1.165) is 63.9 Å². The molecule has 1 aromatic heterocycles. The first kappa shape index (κ1) is 25.4. The Morgan fingerprint density at radius 3 is 2.57 bits per heavy atom. The van der Waals surface area contributed by atoms with Crippen molar-refractivity contribution in [3.8, 4) is 0 Å². The summed E-state index contributed by atoms with van der Waals surface area (Å²) < 4.78 is 7.85. The summed E-state index contributed by atoms with van der Waals surface area (Å²) in [5, 5.41) is 7.80. The molecule has 172 valence electrons. The molecule has 2 aliphatic heterocycles. The molecule has 0 bridgehead atoms. The molecule has 0 amide bonds. The number of nitrogens with zero attached hydrogens (tertiary/aromatic N) is 6. The van der Waals surface area contributed by atoms with E-state index in [1.165, 1.54) is 0 Å². The summed E-state index contributed by atoms with van der Waals surface area (Å²) in [5.41, 5.74) is 1.13. The summed E-state index contributed by atoms with van der Waals surface area (Å²) in [7, 11) is 4.15. The van der Waals surface area contributed by atoms with Gasteiger partial charge in [-0.1, -0.05) is 13.8 Å². The Hall–Kier alpha value is -0.910. The van der Waals surface area contributed by atoms with Crippen LogP contribution in [0.5, 0.6) is 0 Å². The van der Waals surface area contributed by atoms with Crippen LogP contribution in [0.15, 0.2) is 17.4 Å². The number of piperazine rings is 1. The van der Waals surface area contributed by atoms with Gasteiger partial charge in [-0.3, -0.25) is 14.6 Å². The maximum absolute atomic E-state index is 6.01. The predicted octanol–water partition coefficient (Wildman–Crippen LogP) is 1.65. The fourth-order valence-electron chi connectivity index (χ4n) is 4.16. The molecule has 30 heavy (non-hydrogen) atoms. The summed E-state index contributed by atoms with van der Waals surface area (Å²) in [6.07, 6.45) is 3.99. The highest BCUT2D eigenvalue weighted by molar-refractivity contribution is 14.0. The molecule has 1 aromatic rings. The van der Waals surface area contributed by atoms with E-state index < -0.39 is 0 Å². The molecule has 2 aliphatic rings. The van der Waals surface area contributed by atoms with E-state index in [2.05, 4.69) is 52.9 Å². The SMILES string of the molecule is CCNC(=NCC(C(C)C)N1CCN(C)CC1)N1CCOC(c2cnn(C)c2)C1.I. The lowest BCUT2D eigenvalue weighted by molar-refractivity contribution is -0.00813. The zero-order valence-corrected chi connectivity index (χ0v) is 21.6. The lowest BCUT2D eigenvalue weighted by atomic mass is 10.0. The summed E-state index contributed by atoms with van der Waals surface area (Å²) in [4.78, 5) is 12.5. The molecule has 0 aliphatic carbocycles. The third kappa shape index (κ3) is 6.80. The van der Waals surface area contributed by atoms with Crippen LogP contribution in [0.4, 0.5) is 0 Å². The van der Waals surface area contributed by atoms with Crippen LogP contribution in [0.1, 0.15) is 32.4 Å². The second-order valence-electron chi connectivity index (χ2n) is 8.60. The number of aryl methyl sites for hydroxylation is 1. The molecule has 0 spiro atoms. The Kier molecular flexibility index (Phi) is 10.3. The topological polar surface area (TPSA) is 61.2 Å². The molecule has 2 fully saturated rings. The van der Waals surface area contributed by atoms with Gasteiger partial charge in [0.1, 0.15) is 6.10 Å². The number of likely N-dealkylation sites (N-methyl/N-ethyl adjacent to an activating group) is 1. The number of hydrogen-bond acceptors (Lipinski definition) is 5. The first-order valence-corrected chi connectivity index (χ1v) is 11.0. The quantitative estimate of drug-likeness (QED) is 0.341. The molecule has 3 rings (SSSR count). The van der Waals surface area contributed by atoms with Crippen molar-refractivity contribution in [3.05, 3.63) is 18.0 Å². The molecule has 0 aromatic carbocycles. The predicted molar refractivity (Wildman–Crippen MR) is 133 cm³/mol. The Bertz CT molecular complexity index is 658. The highest BCUT2D eigenvalue weighted by atomic mass is 127. The monoisotopic (exact) mass is 533 g/mol. The number of nitrogens with one attached hydrogen (secondary N) is 1. The number of ether oxygens (including phenoxy) is 1. The van der Waals surface area contributed by atoms with Crippen LogP contribution in [0, 0.1) is 5.92 Å². The van der Waals surface area contributed by atoms with E-state index in [-0.39, 0.29) is 30.1 Å². The molecule has 9 heteroatoms. The maximum atomic E-state index is 6.01. The highest BCUT2D eigenvalue weighted by Crippen LogP contribution is 2.22. The number of aliphatic imine (C=N–C) groups is 1. The zero-order chi connectivity index (χ0) is 20.8. The average Bonchev–Trinajstić information content (AvgIpc) is 3.15. The van der Waals surface area contributed by atoms with Crippen molar-refractivity contribution in [2.45, 2.75) is 32.9 Å². The second-order valence-corrected chi connectivity index (χ2v) is 8.60. The minimum atomic E-state index is 0. The molecule has 0 saturated carbocycles. The maximum Gasteiger partial charge on any atom is 0.194 e. The Balaban J connectivity index is 0.00000320. The number of guanidine groups is 1. The lowest BCUT2D eigenvalue weighted by Gasteiger charge is -2.39. The van der Waals surface area contributed by atoms with Gasteiger partial charge in [0, 0.05) is 64.1 Å². The van der Waals surface area contributed by atoms with Crippen molar-refractivity contribution in [2.75, 3.05) is 66.0 Å². The van der Waals surface area contributed by atoms with Crippen molar-refractivity contribution < 1.29 is 4.74 Å². The first-order valence-electron chi connectivity index (χ1n) is 11.0. The lowest BCUT2D eigenvalue weighted by Crippen LogP contribution is -2.52. The van der Waals surface area contributed by atoms with Crippen LogP contribution in [0.3, 0.4) is 0 Å². The van der Waals surface area contributed by atoms with Crippen LogP contribution in [0.25, 0.3) is 0 Å². The average molecular weight is 534 g/mol. The van der Waals surface area contributed by atoms with Gasteiger partial charge in [-0.2, -0.15) is 5.10 Å². The Morgan fingerprint density at radius 1 is 1.23 bits per heavy atom. The third-order valence-electron chi connectivity index (χ3n) is 6.00. The number of aromatic nitrogens is 2. The molecule has 8 nitrogen and oxygen atoms in total. The van der Waals surface area contributed by atoms with Gasteiger partial charge in [-0.15, -0.1) is 24.0 Å². The number of halogens is 1. The van der Waals surface area contributed by atoms with Gasteiger partial charge in [0.2, 0.25) is 0 Å². The van der Waals surface area contributed by atoms with Gasteiger partial charge >= 0.3 is 0 Å². The molecular formula is C21H40IN7O. The van der Waals surface area contributed by atoms with Crippen molar-refractivity contribution >= 4 is 29.9 Å². The largest absolute Gasteiger partial charge is 0.370 e. The van der Waals surface area contributed by atoms with Crippen molar-refractivity contribution in [1.29, 1.82) is 0 Å². The van der Waals surface area contributed by atoms with Crippen LogP contribution in [0.2, 0.25) is 0 Å². The summed E-state index contributed by atoms with van der Waals surface area (Å²) >= 11 is 0. The van der Waals surface area contributed by atoms with Gasteiger partial charge in [0.15, 0.2) is 5.96 Å². The normalized spacial score (nSPS) is 22.8. The molecule has 3 heterocycles. The molecular weight excluding hydrogens is 493 g/mol. The molecule has 2 saturated heterocycles. The van der Waals surface area contributed by atoms with Gasteiger partial charge in [-0.25, -0.2) is 0 Å². The zero-order valence-electron chi connectivity index (χ0n) is 19.3. The van der Waals surface area contributed by atoms with E-state index in [1.54, 1.807) is 0 Å². The number of morpholine rings is 1. The number of rotatable bonds is 6. The minimum Gasteiger partial charge on any atom is -0.370 e. The van der Waals surface area contributed by atoms with Gasteiger partial charge in [-0.05, 0) is 19.9 Å². The smallest absolute Gasteiger partial charge is 0.194 e. The van der Waals surface area contributed by atoms with E-state index in [1.807, 2.05) is 24.1 Å². The first-order chi connectivity index (χ1) is 14.0. The van der Waals surface area contributed by atoms with Gasteiger partial charge < -0.3 is 19.9 Å². The Morgan fingerprint density at radius 2 is 1.97 bits per heavy atom. The summed E-state index contributed by atoms with van der Waals surface area (Å²) in [6.45, 7) is 15.4. The van der Waals surface area contributed by atoms with Crippen LogP contribution in [-0.2, 0) is 11.8 Å². The van der Waals surface area contributed by atoms with E-state index in [4.69, 9.17) is 9.73 Å². The van der Waals surface area contributed by atoms with Crippen molar-refractivity contribution in [1.82, 2.24) is 29.8 Å². The van der Waals surface area contributed by atoms with Crippen molar-refractivity contribution in [3.63, 3.8) is 0 Å². The van der Waals surface area contributed by atoms with E-state index in [0.29, 0.717) is 18.6 Å². The van der Waals surface area contributed by atoms with Crippen LogP contribution >= 0.6 is 24.0 Å². The van der Waals surface area contributed by atoms with Crippen LogP contribution < -0.4 is 5.32 Å². The van der Waals surface area contributed by atoms with Gasteiger partial charge in [0.25, 0.3) is 0 Å². The Labute approximate surface area is 199 Å². The fraction of sp³-hybridized carbons (Fsp3) is 0.810. The third-order valence-corrected chi connectivity index (χ3v) is 6.00. The number of hydrogen-bond donors (Lipinski definition) is 1. The minimum absolute atomic E-state index is 0. The van der Waals surface area contributed by atoms with E-state index >= 15 is 0 Å².